The first-order valence-electron chi connectivity index (χ1n) is 12.6. The molecule has 28 heavy (non-hydrogen) atoms. The fourth-order valence-corrected chi connectivity index (χ4v) is 8.86. The highest BCUT2D eigenvalue weighted by atomic mass is 16.3. The van der Waals surface area contributed by atoms with Gasteiger partial charge in [0.05, 0.1) is 6.10 Å². The van der Waals surface area contributed by atoms with Gasteiger partial charge < -0.3 is 5.11 Å². The van der Waals surface area contributed by atoms with Crippen LogP contribution in [0.1, 0.15) is 105 Å². The Kier molecular flexibility index (Phi) is 5.80. The molecule has 3 saturated carbocycles. The van der Waals surface area contributed by atoms with E-state index in [1.54, 1.807) is 5.57 Å². The lowest BCUT2D eigenvalue weighted by Crippen LogP contribution is -2.50. The molecule has 3 fully saturated rings. The fraction of sp³-hybridized carbons (Fsp3) is 0.926. The molecule has 0 aliphatic heterocycles. The second kappa shape index (κ2) is 7.75. The minimum absolute atomic E-state index is 0.0566. The van der Waals surface area contributed by atoms with E-state index >= 15 is 0 Å². The number of hydrogen-bond acceptors (Lipinski definition) is 1. The van der Waals surface area contributed by atoms with Gasteiger partial charge in [0.2, 0.25) is 0 Å². The fourth-order valence-electron chi connectivity index (χ4n) is 8.86. The molecule has 0 aromatic carbocycles. The molecule has 0 bridgehead atoms. The predicted molar refractivity (Wildman–Crippen MR) is 119 cm³/mol. The summed E-state index contributed by atoms with van der Waals surface area (Å²) >= 11 is 0. The zero-order chi connectivity index (χ0) is 20.1. The van der Waals surface area contributed by atoms with Gasteiger partial charge in [0.25, 0.3) is 0 Å². The molecule has 0 radical (unpaired) electrons. The second-order valence-corrected chi connectivity index (χ2v) is 12.1. The summed E-state index contributed by atoms with van der Waals surface area (Å²) in [5.74, 6) is 4.51. The predicted octanol–water partition coefficient (Wildman–Crippen LogP) is 7.39. The van der Waals surface area contributed by atoms with E-state index in [0.717, 1.165) is 30.1 Å². The summed E-state index contributed by atoms with van der Waals surface area (Å²) in [6.45, 7) is 12.3. The SMILES string of the molecule is CC(C)CCC[C@@H](C)[C@H]1[C@@H](O)C[C@H]2[C@@H]3CCC4=CCCC[C@]4(C)[C@H]3CC[C@]12C. The number of rotatable bonds is 5. The highest BCUT2D eigenvalue weighted by Crippen LogP contribution is 2.67. The number of hydrogen-bond donors (Lipinski definition) is 1. The van der Waals surface area contributed by atoms with Gasteiger partial charge in [-0.05, 0) is 97.7 Å². The highest BCUT2D eigenvalue weighted by molar-refractivity contribution is 5.24. The minimum atomic E-state index is -0.0566. The van der Waals surface area contributed by atoms with Gasteiger partial charge in [-0.15, -0.1) is 0 Å². The van der Waals surface area contributed by atoms with E-state index < -0.39 is 0 Å². The Labute approximate surface area is 174 Å². The maximum absolute atomic E-state index is 11.2. The van der Waals surface area contributed by atoms with Crippen LogP contribution >= 0.6 is 0 Å². The van der Waals surface area contributed by atoms with Crippen LogP contribution in [-0.4, -0.2) is 11.2 Å². The largest absolute Gasteiger partial charge is 0.393 e. The maximum Gasteiger partial charge on any atom is 0.0579 e. The molecule has 0 aromatic heterocycles. The third-order valence-electron chi connectivity index (χ3n) is 10.2. The van der Waals surface area contributed by atoms with Crippen LogP contribution in [0.25, 0.3) is 0 Å². The van der Waals surface area contributed by atoms with Crippen molar-refractivity contribution in [3.8, 4) is 0 Å². The Bertz CT molecular complexity index is 591. The smallest absolute Gasteiger partial charge is 0.0579 e. The Hall–Kier alpha value is -0.300. The van der Waals surface area contributed by atoms with Crippen molar-refractivity contribution in [3.05, 3.63) is 11.6 Å². The van der Waals surface area contributed by atoms with Crippen molar-refractivity contribution in [2.24, 2.45) is 46.3 Å². The topological polar surface area (TPSA) is 20.2 Å². The van der Waals surface area contributed by atoms with Crippen molar-refractivity contribution in [1.82, 2.24) is 0 Å². The average Bonchev–Trinajstić information content (AvgIpc) is 2.91. The summed E-state index contributed by atoms with van der Waals surface area (Å²) in [6, 6.07) is 0. The van der Waals surface area contributed by atoms with Crippen LogP contribution in [0.2, 0.25) is 0 Å². The number of fused-ring (bicyclic) bond motifs is 5. The number of aliphatic hydroxyl groups is 1. The first kappa shape index (κ1) is 21.0. The molecule has 1 heteroatoms. The Morgan fingerprint density at radius 1 is 1.07 bits per heavy atom. The van der Waals surface area contributed by atoms with E-state index in [9.17, 15) is 5.11 Å². The third-order valence-corrected chi connectivity index (χ3v) is 10.2. The van der Waals surface area contributed by atoms with Gasteiger partial charge in [-0.3, -0.25) is 0 Å². The lowest BCUT2D eigenvalue weighted by molar-refractivity contribution is -0.0639. The minimum Gasteiger partial charge on any atom is -0.393 e. The van der Waals surface area contributed by atoms with E-state index in [0.29, 0.717) is 22.7 Å². The molecule has 8 atom stereocenters. The van der Waals surface area contributed by atoms with Crippen LogP contribution in [0.5, 0.6) is 0 Å². The van der Waals surface area contributed by atoms with Crippen molar-refractivity contribution in [1.29, 1.82) is 0 Å². The van der Waals surface area contributed by atoms with Crippen LogP contribution in [0.4, 0.5) is 0 Å². The standard InChI is InChI=1S/C27H46O/c1-18(2)9-8-10-19(3)25-24(28)17-23-21-13-12-20-11-6-7-15-26(20,4)22(21)14-16-27(23,25)5/h11,18-19,21-25,28H,6-10,12-17H2,1-5H3/t19-,21-,22+,23+,24+,25+,26+,27+/m1/s1. The van der Waals surface area contributed by atoms with Crippen molar-refractivity contribution < 1.29 is 5.11 Å². The van der Waals surface area contributed by atoms with E-state index in [-0.39, 0.29) is 6.10 Å². The Morgan fingerprint density at radius 2 is 1.86 bits per heavy atom. The van der Waals surface area contributed by atoms with Gasteiger partial charge in [-0.1, -0.05) is 65.5 Å². The van der Waals surface area contributed by atoms with E-state index in [2.05, 4.69) is 40.7 Å². The zero-order valence-corrected chi connectivity index (χ0v) is 19.3. The Balaban J connectivity index is 1.52. The third kappa shape index (κ3) is 3.32. The van der Waals surface area contributed by atoms with E-state index in [1.807, 2.05) is 0 Å². The molecule has 0 heterocycles. The summed E-state index contributed by atoms with van der Waals surface area (Å²) in [5.41, 5.74) is 2.67. The van der Waals surface area contributed by atoms with Gasteiger partial charge in [-0.25, -0.2) is 0 Å². The number of allylic oxidation sites excluding steroid dienone is 2. The monoisotopic (exact) mass is 386 g/mol. The van der Waals surface area contributed by atoms with Crippen LogP contribution in [0.3, 0.4) is 0 Å². The molecule has 4 aliphatic rings. The number of aliphatic hydroxyl groups excluding tert-OH is 1. The van der Waals surface area contributed by atoms with Crippen LogP contribution in [0, 0.1) is 46.3 Å². The average molecular weight is 387 g/mol. The van der Waals surface area contributed by atoms with Gasteiger partial charge in [0.15, 0.2) is 0 Å². The second-order valence-electron chi connectivity index (χ2n) is 12.1. The maximum atomic E-state index is 11.2. The summed E-state index contributed by atoms with van der Waals surface area (Å²) in [6.07, 6.45) is 17.3. The molecule has 4 rings (SSSR count). The van der Waals surface area contributed by atoms with Crippen LogP contribution in [0.15, 0.2) is 11.6 Å². The summed E-state index contributed by atoms with van der Waals surface area (Å²) in [4.78, 5) is 0. The van der Waals surface area contributed by atoms with Crippen molar-refractivity contribution in [2.75, 3.05) is 0 Å². The van der Waals surface area contributed by atoms with Gasteiger partial charge >= 0.3 is 0 Å². The van der Waals surface area contributed by atoms with Crippen LogP contribution < -0.4 is 0 Å². The molecule has 4 aliphatic carbocycles. The van der Waals surface area contributed by atoms with Crippen LogP contribution in [-0.2, 0) is 0 Å². The van der Waals surface area contributed by atoms with Crippen molar-refractivity contribution in [3.63, 3.8) is 0 Å². The first-order valence-corrected chi connectivity index (χ1v) is 12.6. The summed E-state index contributed by atoms with van der Waals surface area (Å²) in [5, 5.41) is 11.2. The van der Waals surface area contributed by atoms with Crippen molar-refractivity contribution >= 4 is 0 Å². The molecule has 1 nitrogen and oxygen atoms in total. The summed E-state index contributed by atoms with van der Waals surface area (Å²) < 4.78 is 0. The first-order chi connectivity index (χ1) is 13.3. The van der Waals surface area contributed by atoms with Gasteiger partial charge in [-0.2, -0.15) is 0 Å². The normalized spacial score (nSPS) is 46.5. The lowest BCUT2D eigenvalue weighted by atomic mass is 9.46. The molecule has 0 spiro atoms. The summed E-state index contributed by atoms with van der Waals surface area (Å²) in [7, 11) is 0. The van der Waals surface area contributed by atoms with Gasteiger partial charge in [0.1, 0.15) is 0 Å². The van der Waals surface area contributed by atoms with E-state index in [1.165, 1.54) is 64.2 Å². The lowest BCUT2D eigenvalue weighted by Gasteiger charge is -2.58. The van der Waals surface area contributed by atoms with Crippen molar-refractivity contribution in [2.45, 2.75) is 111 Å². The molecule has 0 amide bonds. The van der Waals surface area contributed by atoms with Gasteiger partial charge in [0, 0.05) is 0 Å². The van der Waals surface area contributed by atoms with E-state index in [4.69, 9.17) is 0 Å². The highest BCUT2D eigenvalue weighted by Gasteiger charge is 2.61. The molecule has 0 unspecified atom stereocenters. The molecular formula is C27H46O. The Morgan fingerprint density at radius 3 is 2.61 bits per heavy atom. The molecule has 0 aromatic rings. The molecule has 160 valence electrons. The molecule has 0 saturated heterocycles. The zero-order valence-electron chi connectivity index (χ0n) is 19.3. The molecular weight excluding hydrogens is 340 g/mol. The molecule has 1 N–H and O–H groups in total. The quantitative estimate of drug-likeness (QED) is 0.488.